The number of nitrogens with zero attached hydrogens (tertiary/aromatic N) is 2. The molecule has 0 aliphatic heterocycles. The van der Waals surface area contributed by atoms with Crippen LogP contribution in [-0.4, -0.2) is 10.8 Å². The van der Waals surface area contributed by atoms with E-state index >= 15 is 0 Å². The maximum atomic E-state index is 12.0. The van der Waals surface area contributed by atoms with Gasteiger partial charge in [-0.1, -0.05) is 0 Å². The monoisotopic (exact) mass is 343 g/mol. The van der Waals surface area contributed by atoms with Gasteiger partial charge in [0.15, 0.2) is 0 Å². The number of nitriles is 1. The van der Waals surface area contributed by atoms with Gasteiger partial charge < -0.3 is 9.73 Å². The standard InChI is InChI=1S/C16H13N3O4S/c17-9-12-11-3-1-2-4-13(11)24-16(12)18-14(20)7-5-10-6-8-15(23-10)19(21)22/h5-8H,1-4H2,(H,18,20)/b7-5-. The van der Waals surface area contributed by atoms with E-state index in [2.05, 4.69) is 11.4 Å². The lowest BCUT2D eigenvalue weighted by molar-refractivity contribution is -0.402. The van der Waals surface area contributed by atoms with Crippen LogP contribution in [-0.2, 0) is 17.6 Å². The molecule has 3 rings (SSSR count). The smallest absolute Gasteiger partial charge is 0.401 e. The van der Waals surface area contributed by atoms with Crippen LogP contribution in [0.5, 0.6) is 0 Å². The highest BCUT2D eigenvalue weighted by atomic mass is 32.1. The number of nitro groups is 1. The largest absolute Gasteiger partial charge is 0.433 e. The summed E-state index contributed by atoms with van der Waals surface area (Å²) in [7, 11) is 0. The summed E-state index contributed by atoms with van der Waals surface area (Å²) in [6.45, 7) is 0. The van der Waals surface area contributed by atoms with E-state index in [9.17, 15) is 20.2 Å². The van der Waals surface area contributed by atoms with Gasteiger partial charge in [0.2, 0.25) is 5.91 Å². The SMILES string of the molecule is N#Cc1c(NC(=O)/C=C\c2ccc([N+](=O)[O-])o2)sc2c1CCCC2. The Kier molecular flexibility index (Phi) is 4.44. The van der Waals surface area contributed by atoms with Gasteiger partial charge in [-0.15, -0.1) is 11.3 Å². The highest BCUT2D eigenvalue weighted by Crippen LogP contribution is 2.37. The minimum absolute atomic E-state index is 0.211. The second kappa shape index (κ2) is 6.68. The van der Waals surface area contributed by atoms with Crippen molar-refractivity contribution in [1.82, 2.24) is 0 Å². The lowest BCUT2D eigenvalue weighted by Gasteiger charge is -2.09. The number of rotatable bonds is 4. The first kappa shape index (κ1) is 16.0. The molecule has 1 aliphatic carbocycles. The molecule has 122 valence electrons. The highest BCUT2D eigenvalue weighted by molar-refractivity contribution is 7.16. The van der Waals surface area contributed by atoms with Crippen molar-refractivity contribution in [2.75, 3.05) is 5.32 Å². The number of thiophene rings is 1. The molecular formula is C16H13N3O4S. The molecule has 0 fully saturated rings. The first-order valence-corrected chi connectivity index (χ1v) is 8.18. The molecular weight excluding hydrogens is 330 g/mol. The predicted octanol–water partition coefficient (Wildman–Crippen LogP) is 3.65. The van der Waals surface area contributed by atoms with Crippen molar-refractivity contribution in [1.29, 1.82) is 5.26 Å². The molecule has 0 bridgehead atoms. The molecule has 1 aliphatic rings. The predicted molar refractivity (Wildman–Crippen MR) is 88.7 cm³/mol. The van der Waals surface area contributed by atoms with E-state index in [-0.39, 0.29) is 11.6 Å². The zero-order valence-electron chi connectivity index (χ0n) is 12.6. The summed E-state index contributed by atoms with van der Waals surface area (Å²) in [5, 5.41) is 23.2. The molecule has 2 aromatic rings. The molecule has 2 aromatic heterocycles. The van der Waals surface area contributed by atoms with Gasteiger partial charge in [-0.05, 0) is 43.4 Å². The van der Waals surface area contributed by atoms with Crippen LogP contribution in [0.15, 0.2) is 22.6 Å². The summed E-state index contributed by atoms with van der Waals surface area (Å²) >= 11 is 1.44. The van der Waals surface area contributed by atoms with E-state index in [1.54, 1.807) is 0 Å². The van der Waals surface area contributed by atoms with Gasteiger partial charge in [0, 0.05) is 11.0 Å². The summed E-state index contributed by atoms with van der Waals surface area (Å²) in [6, 6.07) is 4.81. The number of hydrogen-bond acceptors (Lipinski definition) is 6. The lowest BCUT2D eigenvalue weighted by Crippen LogP contribution is -2.07. The Bertz CT molecular complexity index is 873. The molecule has 0 atom stereocenters. The van der Waals surface area contributed by atoms with E-state index in [0.717, 1.165) is 31.2 Å². The van der Waals surface area contributed by atoms with Gasteiger partial charge in [-0.25, -0.2) is 0 Å². The van der Waals surface area contributed by atoms with Gasteiger partial charge in [0.25, 0.3) is 0 Å². The average Bonchev–Trinajstić information content (AvgIpc) is 3.17. The number of carbonyl (C=O) groups excluding carboxylic acids is 1. The Morgan fingerprint density at radius 3 is 2.92 bits per heavy atom. The number of fused-ring (bicyclic) bond motifs is 1. The van der Waals surface area contributed by atoms with Crippen LogP contribution in [0.3, 0.4) is 0 Å². The third kappa shape index (κ3) is 3.21. The van der Waals surface area contributed by atoms with Crippen molar-refractivity contribution < 1.29 is 14.1 Å². The maximum absolute atomic E-state index is 12.0. The van der Waals surface area contributed by atoms with Gasteiger partial charge in [0.1, 0.15) is 21.8 Å². The Morgan fingerprint density at radius 2 is 2.21 bits per heavy atom. The fourth-order valence-electron chi connectivity index (χ4n) is 2.61. The zero-order chi connectivity index (χ0) is 17.1. The fraction of sp³-hybridized carbons (Fsp3) is 0.250. The van der Waals surface area contributed by atoms with Crippen molar-refractivity contribution in [2.45, 2.75) is 25.7 Å². The third-order valence-corrected chi connectivity index (χ3v) is 4.92. The van der Waals surface area contributed by atoms with Crippen molar-refractivity contribution >= 4 is 34.2 Å². The third-order valence-electron chi connectivity index (χ3n) is 3.71. The number of furan rings is 1. The molecule has 0 aromatic carbocycles. The van der Waals surface area contributed by atoms with Gasteiger partial charge in [-0.3, -0.25) is 14.9 Å². The topological polar surface area (TPSA) is 109 Å². The molecule has 0 radical (unpaired) electrons. The maximum Gasteiger partial charge on any atom is 0.433 e. The van der Waals surface area contributed by atoms with Gasteiger partial charge >= 0.3 is 5.88 Å². The normalized spacial score (nSPS) is 13.5. The molecule has 0 spiro atoms. The number of nitrogens with one attached hydrogen (secondary N) is 1. The summed E-state index contributed by atoms with van der Waals surface area (Å²) in [4.78, 5) is 23.1. The van der Waals surface area contributed by atoms with Crippen LogP contribution in [0.2, 0.25) is 0 Å². The minimum Gasteiger partial charge on any atom is -0.401 e. The molecule has 7 nitrogen and oxygen atoms in total. The quantitative estimate of drug-likeness (QED) is 0.517. The molecule has 8 heteroatoms. The number of carbonyl (C=O) groups is 1. The van der Waals surface area contributed by atoms with Crippen molar-refractivity contribution in [3.05, 3.63) is 50.1 Å². The summed E-state index contributed by atoms with van der Waals surface area (Å²) in [5.74, 6) is -0.584. The van der Waals surface area contributed by atoms with Crippen LogP contribution < -0.4 is 5.32 Å². The lowest BCUT2D eigenvalue weighted by atomic mass is 9.96. The van der Waals surface area contributed by atoms with E-state index in [0.29, 0.717) is 10.6 Å². The summed E-state index contributed by atoms with van der Waals surface area (Å²) < 4.78 is 4.94. The summed E-state index contributed by atoms with van der Waals surface area (Å²) in [6.07, 6.45) is 6.54. The molecule has 0 unspecified atom stereocenters. The molecule has 1 N–H and O–H groups in total. The molecule has 24 heavy (non-hydrogen) atoms. The van der Waals surface area contributed by atoms with Crippen molar-refractivity contribution in [3.8, 4) is 6.07 Å². The van der Waals surface area contributed by atoms with Gasteiger partial charge in [0.05, 0.1) is 11.6 Å². The zero-order valence-corrected chi connectivity index (χ0v) is 13.4. The van der Waals surface area contributed by atoms with Gasteiger partial charge in [-0.2, -0.15) is 5.26 Å². The van der Waals surface area contributed by atoms with E-state index in [4.69, 9.17) is 4.42 Å². The Morgan fingerprint density at radius 1 is 1.42 bits per heavy atom. The van der Waals surface area contributed by atoms with Crippen molar-refractivity contribution in [2.24, 2.45) is 0 Å². The first-order chi connectivity index (χ1) is 11.6. The molecule has 2 heterocycles. The van der Waals surface area contributed by atoms with Crippen LogP contribution in [0.1, 0.15) is 34.6 Å². The second-order valence-corrected chi connectivity index (χ2v) is 6.39. The van der Waals surface area contributed by atoms with E-state index in [1.807, 2.05) is 0 Å². The highest BCUT2D eigenvalue weighted by Gasteiger charge is 2.21. The van der Waals surface area contributed by atoms with Crippen LogP contribution >= 0.6 is 11.3 Å². The number of anilines is 1. The number of amides is 1. The fourth-order valence-corrected chi connectivity index (χ4v) is 3.86. The molecule has 0 saturated carbocycles. The van der Waals surface area contributed by atoms with Crippen LogP contribution in [0.25, 0.3) is 6.08 Å². The summed E-state index contributed by atoms with van der Waals surface area (Å²) in [5.41, 5.74) is 1.60. The van der Waals surface area contributed by atoms with E-state index < -0.39 is 10.8 Å². The molecule has 0 saturated heterocycles. The second-order valence-electron chi connectivity index (χ2n) is 5.28. The average molecular weight is 343 g/mol. The number of hydrogen-bond donors (Lipinski definition) is 1. The van der Waals surface area contributed by atoms with E-state index in [1.165, 1.54) is 40.5 Å². The Hall–Kier alpha value is -2.92. The van der Waals surface area contributed by atoms with Crippen LogP contribution in [0, 0.1) is 21.4 Å². The Balaban J connectivity index is 1.73. The minimum atomic E-state index is -0.646. The molecule has 1 amide bonds. The van der Waals surface area contributed by atoms with Crippen LogP contribution in [0.4, 0.5) is 10.9 Å². The first-order valence-electron chi connectivity index (χ1n) is 7.36. The number of aryl methyl sites for hydroxylation is 1. The van der Waals surface area contributed by atoms with Crippen molar-refractivity contribution in [3.63, 3.8) is 0 Å². The Labute approximate surface area is 141 Å².